The van der Waals surface area contributed by atoms with Crippen molar-refractivity contribution < 1.29 is 4.42 Å². The van der Waals surface area contributed by atoms with Crippen LogP contribution in [0.15, 0.2) is 10.6 Å². The second-order valence-corrected chi connectivity index (χ2v) is 3.74. The minimum absolute atomic E-state index is 0.485. The zero-order chi connectivity index (χ0) is 10.4. The van der Waals surface area contributed by atoms with Gasteiger partial charge in [-0.05, 0) is 19.4 Å². The standard InChI is InChI=1S/C11H20N2O/c1-3-5-9(2)10-8-13-11(14-10)6-4-7-12/h8-9H,3-7,12H2,1-2H3. The van der Waals surface area contributed by atoms with Gasteiger partial charge in [0.1, 0.15) is 5.76 Å². The van der Waals surface area contributed by atoms with Crippen LogP contribution in [-0.4, -0.2) is 11.5 Å². The van der Waals surface area contributed by atoms with Crippen LogP contribution in [0.25, 0.3) is 0 Å². The van der Waals surface area contributed by atoms with E-state index < -0.39 is 0 Å². The van der Waals surface area contributed by atoms with Crippen molar-refractivity contribution in [2.75, 3.05) is 6.54 Å². The molecule has 0 aliphatic rings. The van der Waals surface area contributed by atoms with E-state index in [2.05, 4.69) is 18.8 Å². The number of hydrogen-bond acceptors (Lipinski definition) is 3. The summed E-state index contributed by atoms with van der Waals surface area (Å²) in [6, 6.07) is 0. The molecule has 0 aromatic carbocycles. The van der Waals surface area contributed by atoms with E-state index in [4.69, 9.17) is 10.2 Å². The fourth-order valence-electron chi connectivity index (χ4n) is 1.50. The van der Waals surface area contributed by atoms with Crippen LogP contribution in [0.5, 0.6) is 0 Å². The highest BCUT2D eigenvalue weighted by Gasteiger charge is 2.10. The number of aryl methyl sites for hydroxylation is 1. The van der Waals surface area contributed by atoms with Crippen LogP contribution in [0, 0.1) is 0 Å². The zero-order valence-electron chi connectivity index (χ0n) is 9.12. The van der Waals surface area contributed by atoms with Crippen LogP contribution in [-0.2, 0) is 6.42 Å². The summed E-state index contributed by atoms with van der Waals surface area (Å²) in [5.74, 6) is 2.33. The van der Waals surface area contributed by atoms with Crippen molar-refractivity contribution in [3.05, 3.63) is 17.8 Å². The van der Waals surface area contributed by atoms with Gasteiger partial charge in [0.25, 0.3) is 0 Å². The zero-order valence-corrected chi connectivity index (χ0v) is 9.12. The Morgan fingerprint density at radius 2 is 2.36 bits per heavy atom. The predicted octanol–water partition coefficient (Wildman–Crippen LogP) is 2.47. The Morgan fingerprint density at radius 3 is 3.00 bits per heavy atom. The van der Waals surface area contributed by atoms with Gasteiger partial charge in [0.2, 0.25) is 0 Å². The molecule has 0 saturated carbocycles. The smallest absolute Gasteiger partial charge is 0.194 e. The highest BCUT2D eigenvalue weighted by Crippen LogP contribution is 2.21. The van der Waals surface area contributed by atoms with Gasteiger partial charge in [-0.15, -0.1) is 0 Å². The van der Waals surface area contributed by atoms with E-state index in [1.807, 2.05) is 6.20 Å². The minimum Gasteiger partial charge on any atom is -0.445 e. The molecule has 0 aliphatic carbocycles. The normalized spacial score (nSPS) is 13.1. The molecule has 1 unspecified atom stereocenters. The molecule has 14 heavy (non-hydrogen) atoms. The quantitative estimate of drug-likeness (QED) is 0.760. The minimum atomic E-state index is 0.485. The van der Waals surface area contributed by atoms with Crippen molar-refractivity contribution in [2.24, 2.45) is 5.73 Å². The van der Waals surface area contributed by atoms with Gasteiger partial charge in [0.05, 0.1) is 6.20 Å². The van der Waals surface area contributed by atoms with Gasteiger partial charge < -0.3 is 10.2 Å². The topological polar surface area (TPSA) is 52.0 Å². The number of oxazole rings is 1. The first-order chi connectivity index (χ1) is 6.77. The summed E-state index contributed by atoms with van der Waals surface area (Å²) in [6.07, 6.45) is 6.00. The van der Waals surface area contributed by atoms with E-state index in [1.54, 1.807) is 0 Å². The van der Waals surface area contributed by atoms with E-state index in [1.165, 1.54) is 6.42 Å². The lowest BCUT2D eigenvalue weighted by molar-refractivity contribution is 0.418. The lowest BCUT2D eigenvalue weighted by Gasteiger charge is -2.04. The first-order valence-corrected chi connectivity index (χ1v) is 5.42. The monoisotopic (exact) mass is 196 g/mol. The van der Waals surface area contributed by atoms with E-state index in [0.29, 0.717) is 12.5 Å². The molecular formula is C11H20N2O. The molecule has 0 saturated heterocycles. The Bertz CT molecular complexity index is 258. The second kappa shape index (κ2) is 5.81. The molecule has 1 rings (SSSR count). The fraction of sp³-hybridized carbons (Fsp3) is 0.727. The first-order valence-electron chi connectivity index (χ1n) is 5.42. The van der Waals surface area contributed by atoms with Gasteiger partial charge in [0, 0.05) is 12.3 Å². The third kappa shape index (κ3) is 3.14. The SMILES string of the molecule is CCCC(C)c1cnc(CCCN)o1. The van der Waals surface area contributed by atoms with Crippen molar-refractivity contribution in [3.63, 3.8) is 0 Å². The molecule has 1 aromatic rings. The number of nitrogens with two attached hydrogens (primary N) is 1. The molecule has 1 aromatic heterocycles. The Morgan fingerprint density at radius 1 is 1.57 bits per heavy atom. The maximum atomic E-state index is 5.63. The van der Waals surface area contributed by atoms with Gasteiger partial charge in [-0.2, -0.15) is 0 Å². The molecule has 0 bridgehead atoms. The number of rotatable bonds is 6. The van der Waals surface area contributed by atoms with Crippen molar-refractivity contribution in [1.29, 1.82) is 0 Å². The molecule has 3 heteroatoms. The van der Waals surface area contributed by atoms with Crippen LogP contribution in [0.4, 0.5) is 0 Å². The van der Waals surface area contributed by atoms with Crippen molar-refractivity contribution >= 4 is 0 Å². The molecule has 1 atom stereocenters. The maximum absolute atomic E-state index is 5.63. The van der Waals surface area contributed by atoms with Crippen molar-refractivity contribution in [1.82, 2.24) is 4.98 Å². The van der Waals surface area contributed by atoms with Crippen LogP contribution in [0.1, 0.15) is 50.7 Å². The van der Waals surface area contributed by atoms with Crippen molar-refractivity contribution in [2.45, 2.75) is 45.4 Å². The van der Waals surface area contributed by atoms with E-state index in [-0.39, 0.29) is 0 Å². The third-order valence-electron chi connectivity index (χ3n) is 2.37. The number of nitrogens with zero attached hydrogens (tertiary/aromatic N) is 1. The summed E-state index contributed by atoms with van der Waals surface area (Å²) < 4.78 is 5.63. The Hall–Kier alpha value is -0.830. The van der Waals surface area contributed by atoms with Crippen LogP contribution < -0.4 is 5.73 Å². The average molecular weight is 196 g/mol. The van der Waals surface area contributed by atoms with Crippen LogP contribution in [0.3, 0.4) is 0 Å². The molecule has 2 N–H and O–H groups in total. The average Bonchev–Trinajstić information content (AvgIpc) is 2.63. The highest BCUT2D eigenvalue weighted by molar-refractivity contribution is 5.00. The molecule has 0 spiro atoms. The summed E-state index contributed by atoms with van der Waals surface area (Å²) in [5, 5.41) is 0. The molecule has 0 radical (unpaired) electrons. The summed E-state index contributed by atoms with van der Waals surface area (Å²) in [6.45, 7) is 5.06. The van der Waals surface area contributed by atoms with Crippen LogP contribution >= 0.6 is 0 Å². The summed E-state index contributed by atoms with van der Waals surface area (Å²) in [7, 11) is 0. The maximum Gasteiger partial charge on any atom is 0.194 e. The van der Waals surface area contributed by atoms with Gasteiger partial charge in [0.15, 0.2) is 5.89 Å². The Kier molecular flexibility index (Phi) is 4.66. The van der Waals surface area contributed by atoms with E-state index >= 15 is 0 Å². The van der Waals surface area contributed by atoms with E-state index in [9.17, 15) is 0 Å². The fourth-order valence-corrected chi connectivity index (χ4v) is 1.50. The molecule has 3 nitrogen and oxygen atoms in total. The van der Waals surface area contributed by atoms with Gasteiger partial charge in [-0.3, -0.25) is 0 Å². The van der Waals surface area contributed by atoms with E-state index in [0.717, 1.165) is 30.9 Å². The molecule has 80 valence electrons. The summed E-state index contributed by atoms with van der Waals surface area (Å²) in [4.78, 5) is 4.23. The van der Waals surface area contributed by atoms with Crippen LogP contribution in [0.2, 0.25) is 0 Å². The lowest BCUT2D eigenvalue weighted by atomic mass is 10.0. The number of hydrogen-bond donors (Lipinski definition) is 1. The molecular weight excluding hydrogens is 176 g/mol. The molecule has 1 heterocycles. The Balaban J connectivity index is 2.49. The summed E-state index contributed by atoms with van der Waals surface area (Å²) in [5.41, 5.74) is 5.42. The molecule has 0 amide bonds. The van der Waals surface area contributed by atoms with Gasteiger partial charge in [-0.1, -0.05) is 20.3 Å². The Labute approximate surface area is 85.7 Å². The van der Waals surface area contributed by atoms with Crippen molar-refractivity contribution in [3.8, 4) is 0 Å². The number of aromatic nitrogens is 1. The summed E-state index contributed by atoms with van der Waals surface area (Å²) >= 11 is 0. The van der Waals surface area contributed by atoms with Gasteiger partial charge >= 0.3 is 0 Å². The molecule has 0 aliphatic heterocycles. The predicted molar refractivity (Wildman–Crippen MR) is 57.2 cm³/mol. The highest BCUT2D eigenvalue weighted by atomic mass is 16.4. The van der Waals surface area contributed by atoms with Gasteiger partial charge in [-0.25, -0.2) is 4.98 Å². The second-order valence-electron chi connectivity index (χ2n) is 3.74. The largest absolute Gasteiger partial charge is 0.445 e. The first kappa shape index (κ1) is 11.2. The molecule has 0 fully saturated rings. The third-order valence-corrected chi connectivity index (χ3v) is 2.37. The lowest BCUT2D eigenvalue weighted by Crippen LogP contribution is -2.00.